The van der Waals surface area contributed by atoms with Gasteiger partial charge in [-0.25, -0.2) is 0 Å². The minimum absolute atomic E-state index is 0. The van der Waals surface area contributed by atoms with E-state index in [1.165, 1.54) is 5.56 Å². The third-order valence-corrected chi connectivity index (χ3v) is 5.37. The van der Waals surface area contributed by atoms with Crippen LogP contribution in [0.15, 0.2) is 36.4 Å². The normalized spacial score (nSPS) is 17.2. The molecule has 162 valence electrons. The van der Waals surface area contributed by atoms with Gasteiger partial charge in [0, 0.05) is 38.3 Å². The lowest BCUT2D eigenvalue weighted by atomic mass is 10.1. The van der Waals surface area contributed by atoms with Crippen LogP contribution in [-0.4, -0.2) is 61.9 Å². The van der Waals surface area contributed by atoms with Gasteiger partial charge in [0.25, 0.3) is 0 Å². The van der Waals surface area contributed by atoms with Crippen LogP contribution >= 0.6 is 24.8 Å². The number of ketones is 1. The van der Waals surface area contributed by atoms with Crippen molar-refractivity contribution in [3.63, 3.8) is 0 Å². The molecule has 2 aromatic carbocycles. The third kappa shape index (κ3) is 4.75. The van der Waals surface area contributed by atoms with Crippen LogP contribution in [0.1, 0.15) is 15.9 Å². The van der Waals surface area contributed by atoms with Gasteiger partial charge < -0.3 is 18.9 Å². The van der Waals surface area contributed by atoms with Gasteiger partial charge in [0.2, 0.25) is 13.6 Å². The van der Waals surface area contributed by atoms with Gasteiger partial charge in [0.05, 0.1) is 6.54 Å². The van der Waals surface area contributed by atoms with E-state index >= 15 is 0 Å². The number of nitrogens with zero attached hydrogens (tertiary/aromatic N) is 2. The van der Waals surface area contributed by atoms with Crippen LogP contribution in [0.25, 0.3) is 0 Å². The van der Waals surface area contributed by atoms with Gasteiger partial charge in [0.15, 0.2) is 28.8 Å². The van der Waals surface area contributed by atoms with Gasteiger partial charge in [-0.1, -0.05) is 6.07 Å². The van der Waals surface area contributed by atoms with E-state index in [9.17, 15) is 4.79 Å². The lowest BCUT2D eigenvalue weighted by Gasteiger charge is -2.34. The second-order valence-corrected chi connectivity index (χ2v) is 7.23. The summed E-state index contributed by atoms with van der Waals surface area (Å²) in [7, 11) is 0. The fourth-order valence-electron chi connectivity index (χ4n) is 3.77. The topological polar surface area (TPSA) is 60.5 Å². The summed E-state index contributed by atoms with van der Waals surface area (Å²) in [6.07, 6.45) is 0. The highest BCUT2D eigenvalue weighted by molar-refractivity contribution is 5.98. The van der Waals surface area contributed by atoms with Gasteiger partial charge in [-0.05, 0) is 35.9 Å². The number of Topliss-reactive ketones (excluding diaryl/α,β-unsaturated/α-hetero) is 1. The van der Waals surface area contributed by atoms with Gasteiger partial charge in [-0.2, -0.15) is 0 Å². The second-order valence-electron chi connectivity index (χ2n) is 7.23. The maximum atomic E-state index is 12.6. The second kappa shape index (κ2) is 9.75. The lowest BCUT2D eigenvalue weighted by Crippen LogP contribution is -2.47. The van der Waals surface area contributed by atoms with E-state index in [-0.39, 0.29) is 37.4 Å². The Morgan fingerprint density at radius 1 is 0.733 bits per heavy atom. The summed E-state index contributed by atoms with van der Waals surface area (Å²) in [5, 5.41) is 0. The molecule has 2 aromatic rings. The van der Waals surface area contributed by atoms with Crippen LogP contribution in [0.5, 0.6) is 23.0 Å². The smallest absolute Gasteiger partial charge is 0.231 e. The van der Waals surface area contributed by atoms with Gasteiger partial charge >= 0.3 is 0 Å². The molecule has 0 N–H and O–H groups in total. The Balaban J connectivity index is 0.00000128. The van der Waals surface area contributed by atoms with E-state index in [1.807, 2.05) is 12.1 Å². The van der Waals surface area contributed by atoms with Crippen LogP contribution in [0.2, 0.25) is 0 Å². The predicted molar refractivity (Wildman–Crippen MR) is 116 cm³/mol. The monoisotopic (exact) mass is 454 g/mol. The first-order chi connectivity index (χ1) is 13.7. The Morgan fingerprint density at radius 2 is 1.30 bits per heavy atom. The maximum absolute atomic E-state index is 12.6. The average Bonchev–Trinajstić information content (AvgIpc) is 3.37. The quantitative estimate of drug-likeness (QED) is 0.643. The number of hydrogen-bond donors (Lipinski definition) is 0. The van der Waals surface area contributed by atoms with Crippen molar-refractivity contribution < 1.29 is 23.7 Å². The molecule has 1 saturated heterocycles. The molecule has 1 fully saturated rings. The predicted octanol–water partition coefficient (Wildman–Crippen LogP) is 2.99. The molecule has 7 nitrogen and oxygen atoms in total. The molecule has 0 amide bonds. The van der Waals surface area contributed by atoms with Crippen molar-refractivity contribution in [3.05, 3.63) is 47.5 Å². The molecule has 0 saturated carbocycles. The standard InChI is InChI=1S/C21H22N2O5.2ClH/c24-17(16-2-4-19-21(10-16)28-14-26-19)12-23-7-5-22(6-8-23)11-15-1-3-18-20(9-15)27-13-25-18;;/h1-4,9-10H,5-8,11-14H2;2*1H. The number of fused-ring (bicyclic) bond motifs is 2. The molecule has 9 heteroatoms. The zero-order valence-electron chi connectivity index (χ0n) is 16.4. The van der Waals surface area contributed by atoms with E-state index in [0.717, 1.165) is 44.2 Å². The molecule has 3 aliphatic heterocycles. The molecule has 0 atom stereocenters. The SMILES string of the molecule is Cl.Cl.O=C(CN1CCN(Cc2ccc3c(c2)OCO3)CC1)c1ccc2c(c1)OCO2. The lowest BCUT2D eigenvalue weighted by molar-refractivity contribution is 0.0843. The summed E-state index contributed by atoms with van der Waals surface area (Å²) in [6, 6.07) is 11.5. The summed E-state index contributed by atoms with van der Waals surface area (Å²) in [4.78, 5) is 17.2. The van der Waals surface area contributed by atoms with Crippen molar-refractivity contribution >= 4 is 30.6 Å². The highest BCUT2D eigenvalue weighted by Gasteiger charge is 2.22. The number of carbonyl (C=O) groups excluding carboxylic acids is 1. The first kappa shape index (κ1) is 22.5. The molecular weight excluding hydrogens is 431 g/mol. The van der Waals surface area contributed by atoms with Crippen molar-refractivity contribution in [3.8, 4) is 23.0 Å². The van der Waals surface area contributed by atoms with E-state index in [4.69, 9.17) is 18.9 Å². The fourth-order valence-corrected chi connectivity index (χ4v) is 3.77. The molecule has 5 rings (SSSR count). The van der Waals surface area contributed by atoms with E-state index in [0.29, 0.717) is 30.4 Å². The molecule has 0 radical (unpaired) electrons. The minimum Gasteiger partial charge on any atom is -0.454 e. The summed E-state index contributed by atoms with van der Waals surface area (Å²) >= 11 is 0. The Hall–Kier alpha value is -2.19. The summed E-state index contributed by atoms with van der Waals surface area (Å²) in [5.41, 5.74) is 1.89. The molecule has 3 aliphatic rings. The number of ether oxygens (including phenoxy) is 4. The number of benzene rings is 2. The van der Waals surface area contributed by atoms with Crippen LogP contribution < -0.4 is 18.9 Å². The van der Waals surface area contributed by atoms with Crippen LogP contribution in [0.4, 0.5) is 0 Å². The number of rotatable bonds is 5. The van der Waals surface area contributed by atoms with Crippen LogP contribution in [0, 0.1) is 0 Å². The molecule has 3 heterocycles. The highest BCUT2D eigenvalue weighted by Crippen LogP contribution is 2.33. The first-order valence-electron chi connectivity index (χ1n) is 9.51. The fraction of sp³-hybridized carbons (Fsp3) is 0.381. The van der Waals surface area contributed by atoms with E-state index in [1.54, 1.807) is 12.1 Å². The molecule has 30 heavy (non-hydrogen) atoms. The Kier molecular flexibility index (Phi) is 7.31. The number of hydrogen-bond acceptors (Lipinski definition) is 7. The van der Waals surface area contributed by atoms with Crippen LogP contribution in [0.3, 0.4) is 0 Å². The van der Waals surface area contributed by atoms with E-state index in [2.05, 4.69) is 21.9 Å². The average molecular weight is 455 g/mol. The largest absolute Gasteiger partial charge is 0.454 e. The number of carbonyl (C=O) groups is 1. The highest BCUT2D eigenvalue weighted by atomic mass is 35.5. The maximum Gasteiger partial charge on any atom is 0.231 e. The van der Waals surface area contributed by atoms with Crippen molar-refractivity contribution in [1.82, 2.24) is 9.80 Å². The summed E-state index contributed by atoms with van der Waals surface area (Å²) in [5.74, 6) is 3.11. The summed E-state index contributed by atoms with van der Waals surface area (Å²) < 4.78 is 21.5. The van der Waals surface area contributed by atoms with Crippen molar-refractivity contribution in [2.24, 2.45) is 0 Å². The van der Waals surface area contributed by atoms with E-state index < -0.39 is 0 Å². The third-order valence-electron chi connectivity index (χ3n) is 5.37. The molecule has 0 aromatic heterocycles. The van der Waals surface area contributed by atoms with Crippen molar-refractivity contribution in [2.75, 3.05) is 46.3 Å². The van der Waals surface area contributed by atoms with Gasteiger partial charge in [-0.3, -0.25) is 14.6 Å². The molecule has 0 bridgehead atoms. The molecule has 0 spiro atoms. The molecule has 0 unspecified atom stereocenters. The van der Waals surface area contributed by atoms with Crippen molar-refractivity contribution in [2.45, 2.75) is 6.54 Å². The molecular formula is C21H24Cl2N2O5. The van der Waals surface area contributed by atoms with Crippen molar-refractivity contribution in [1.29, 1.82) is 0 Å². The first-order valence-corrected chi connectivity index (χ1v) is 9.51. The van der Waals surface area contributed by atoms with Gasteiger partial charge in [-0.15, -0.1) is 24.8 Å². The number of halogens is 2. The van der Waals surface area contributed by atoms with Gasteiger partial charge in [0.1, 0.15) is 0 Å². The zero-order chi connectivity index (χ0) is 18.9. The summed E-state index contributed by atoms with van der Waals surface area (Å²) in [6.45, 7) is 5.44. The number of piperazine rings is 1. The Bertz CT molecular complexity index is 903. The minimum atomic E-state index is 0. The molecule has 0 aliphatic carbocycles. The zero-order valence-corrected chi connectivity index (χ0v) is 18.0. The van der Waals surface area contributed by atoms with Crippen LogP contribution in [-0.2, 0) is 6.54 Å². The Labute approximate surface area is 187 Å². The Morgan fingerprint density at radius 3 is 2.00 bits per heavy atom.